The zero-order valence-electron chi connectivity index (χ0n) is 15.6. The molecular formula is C21H17F4N3O. The molecule has 1 N–H and O–H groups in total. The molecule has 1 aromatic heterocycles. The molecule has 1 heterocycles. The van der Waals surface area contributed by atoms with Crippen LogP contribution in [-0.2, 0) is 0 Å². The number of amides is 1. The molecule has 2 aromatic carbocycles. The number of nitrogens with zero attached hydrogens (tertiary/aromatic N) is 2. The highest BCUT2D eigenvalue weighted by Crippen LogP contribution is 2.43. The van der Waals surface area contributed by atoms with Crippen LogP contribution in [0.2, 0.25) is 0 Å². The normalized spacial score (nSPS) is 18.0. The molecule has 1 aliphatic rings. The molecule has 1 fully saturated rings. The van der Waals surface area contributed by atoms with Crippen LogP contribution in [0.25, 0.3) is 5.69 Å². The van der Waals surface area contributed by atoms with Gasteiger partial charge in [0.25, 0.3) is 5.91 Å². The van der Waals surface area contributed by atoms with E-state index in [9.17, 15) is 22.4 Å². The largest absolute Gasteiger partial charge is 0.349 e. The van der Waals surface area contributed by atoms with Crippen molar-refractivity contribution in [2.24, 2.45) is 0 Å². The van der Waals surface area contributed by atoms with E-state index >= 15 is 0 Å². The van der Waals surface area contributed by atoms with E-state index in [0.29, 0.717) is 17.8 Å². The minimum Gasteiger partial charge on any atom is -0.349 e. The fraction of sp³-hybridized carbons (Fsp3) is 0.238. The van der Waals surface area contributed by atoms with Gasteiger partial charge in [0.2, 0.25) is 0 Å². The number of halogens is 4. The number of benzene rings is 2. The van der Waals surface area contributed by atoms with Gasteiger partial charge in [0.05, 0.1) is 17.0 Å². The van der Waals surface area contributed by atoms with Crippen molar-refractivity contribution in [1.82, 2.24) is 15.1 Å². The Morgan fingerprint density at radius 2 is 1.76 bits per heavy atom. The van der Waals surface area contributed by atoms with Gasteiger partial charge in [0.15, 0.2) is 5.82 Å². The number of hydrogen-bond acceptors (Lipinski definition) is 2. The predicted molar refractivity (Wildman–Crippen MR) is 97.9 cm³/mol. The van der Waals surface area contributed by atoms with E-state index in [1.165, 1.54) is 28.9 Å². The van der Waals surface area contributed by atoms with Crippen molar-refractivity contribution in [2.45, 2.75) is 32.2 Å². The number of nitrogens with one attached hydrogen (secondary N) is 1. The average molecular weight is 403 g/mol. The minimum absolute atomic E-state index is 0.0174. The summed E-state index contributed by atoms with van der Waals surface area (Å²) in [6, 6.07) is 6.34. The van der Waals surface area contributed by atoms with Gasteiger partial charge in [-0.25, -0.2) is 22.2 Å². The zero-order chi connectivity index (χ0) is 20.9. The fourth-order valence-electron chi connectivity index (χ4n) is 3.64. The van der Waals surface area contributed by atoms with Crippen LogP contribution in [0.3, 0.4) is 0 Å². The molecule has 0 radical (unpaired) electrons. The number of aromatic nitrogens is 2. The summed E-state index contributed by atoms with van der Waals surface area (Å²) in [6.45, 7) is 3.19. The Hall–Kier alpha value is -3.16. The molecule has 4 rings (SSSR count). The number of hydrogen-bond donors (Lipinski definition) is 1. The Morgan fingerprint density at radius 3 is 2.41 bits per heavy atom. The second-order valence-corrected chi connectivity index (χ2v) is 7.11. The van der Waals surface area contributed by atoms with Crippen molar-refractivity contribution in [2.75, 3.05) is 0 Å². The van der Waals surface area contributed by atoms with Gasteiger partial charge in [-0.05, 0) is 44.5 Å². The van der Waals surface area contributed by atoms with Crippen LogP contribution in [0.1, 0.15) is 39.6 Å². The SMILES string of the molecule is Cc1nn(-c2ccc(F)cc2F)c(C)c1C(=O)NC1CC1c1c(F)cccc1F. The van der Waals surface area contributed by atoms with Crippen molar-refractivity contribution < 1.29 is 22.4 Å². The van der Waals surface area contributed by atoms with Crippen molar-refractivity contribution in [3.05, 3.63) is 82.2 Å². The highest BCUT2D eigenvalue weighted by atomic mass is 19.1. The van der Waals surface area contributed by atoms with Gasteiger partial charge < -0.3 is 5.32 Å². The van der Waals surface area contributed by atoms with E-state index < -0.39 is 41.1 Å². The van der Waals surface area contributed by atoms with Crippen LogP contribution >= 0.6 is 0 Å². The summed E-state index contributed by atoms with van der Waals surface area (Å²) in [5, 5.41) is 6.96. The van der Waals surface area contributed by atoms with Crippen molar-refractivity contribution >= 4 is 5.91 Å². The minimum atomic E-state index is -0.806. The van der Waals surface area contributed by atoms with E-state index in [-0.39, 0.29) is 16.8 Å². The molecule has 3 aromatic rings. The van der Waals surface area contributed by atoms with Gasteiger partial charge in [-0.2, -0.15) is 5.10 Å². The molecule has 2 unspecified atom stereocenters. The average Bonchev–Trinajstić information content (AvgIpc) is 3.31. The molecule has 1 saturated carbocycles. The van der Waals surface area contributed by atoms with Gasteiger partial charge in [0.1, 0.15) is 23.1 Å². The molecule has 0 saturated heterocycles. The second kappa shape index (κ2) is 7.02. The molecule has 0 aliphatic heterocycles. The van der Waals surface area contributed by atoms with Crippen LogP contribution < -0.4 is 5.32 Å². The molecule has 8 heteroatoms. The highest BCUT2D eigenvalue weighted by molar-refractivity contribution is 5.97. The van der Waals surface area contributed by atoms with Crippen molar-refractivity contribution in [3.8, 4) is 5.69 Å². The first kappa shape index (κ1) is 19.2. The molecule has 0 spiro atoms. The van der Waals surface area contributed by atoms with Gasteiger partial charge in [-0.3, -0.25) is 4.79 Å². The smallest absolute Gasteiger partial charge is 0.255 e. The molecule has 1 aliphatic carbocycles. The Morgan fingerprint density at radius 1 is 1.07 bits per heavy atom. The third-order valence-corrected chi connectivity index (χ3v) is 5.13. The standard InChI is InChI=1S/C21H17F4N3O/c1-10-19(11(2)28(27-10)18-7-6-12(22)8-16(18)25)21(29)26-17-9-13(17)20-14(23)4-3-5-15(20)24/h3-8,13,17H,9H2,1-2H3,(H,26,29). The monoisotopic (exact) mass is 403 g/mol. The quantitative estimate of drug-likeness (QED) is 0.659. The van der Waals surface area contributed by atoms with Crippen molar-refractivity contribution in [3.63, 3.8) is 0 Å². The summed E-state index contributed by atoms with van der Waals surface area (Å²) < 4.78 is 56.4. The summed E-state index contributed by atoms with van der Waals surface area (Å²) in [5.74, 6) is -3.70. The molecule has 29 heavy (non-hydrogen) atoms. The fourth-order valence-corrected chi connectivity index (χ4v) is 3.64. The Labute approximate surface area is 164 Å². The third-order valence-electron chi connectivity index (χ3n) is 5.13. The van der Waals surface area contributed by atoms with Gasteiger partial charge in [-0.1, -0.05) is 6.07 Å². The molecule has 4 nitrogen and oxygen atoms in total. The summed E-state index contributed by atoms with van der Waals surface area (Å²) in [4.78, 5) is 12.8. The second-order valence-electron chi connectivity index (χ2n) is 7.11. The lowest BCUT2D eigenvalue weighted by atomic mass is 10.1. The Kier molecular flexibility index (Phi) is 4.64. The van der Waals surface area contributed by atoms with Gasteiger partial charge >= 0.3 is 0 Å². The first-order valence-corrected chi connectivity index (χ1v) is 9.04. The highest BCUT2D eigenvalue weighted by Gasteiger charge is 2.43. The maximum Gasteiger partial charge on any atom is 0.255 e. The lowest BCUT2D eigenvalue weighted by molar-refractivity contribution is 0.0949. The molecule has 2 atom stereocenters. The van der Waals surface area contributed by atoms with Crippen LogP contribution in [0.15, 0.2) is 36.4 Å². The lowest BCUT2D eigenvalue weighted by Gasteiger charge is -2.08. The molecule has 0 bridgehead atoms. The number of aryl methyl sites for hydroxylation is 1. The number of rotatable bonds is 4. The lowest BCUT2D eigenvalue weighted by Crippen LogP contribution is -2.27. The van der Waals surface area contributed by atoms with Crippen LogP contribution in [-0.4, -0.2) is 21.7 Å². The van der Waals surface area contributed by atoms with Crippen LogP contribution in [0.4, 0.5) is 17.6 Å². The van der Waals surface area contributed by atoms with E-state index in [4.69, 9.17) is 0 Å². The molecule has 1 amide bonds. The summed E-state index contributed by atoms with van der Waals surface area (Å²) in [5.41, 5.74) is 0.963. The Balaban J connectivity index is 1.57. The molecular weight excluding hydrogens is 386 g/mol. The number of carbonyl (C=O) groups excluding carboxylic acids is 1. The van der Waals surface area contributed by atoms with Crippen LogP contribution in [0.5, 0.6) is 0 Å². The van der Waals surface area contributed by atoms with E-state index in [2.05, 4.69) is 10.4 Å². The first-order valence-electron chi connectivity index (χ1n) is 9.04. The van der Waals surface area contributed by atoms with Crippen molar-refractivity contribution in [1.29, 1.82) is 0 Å². The van der Waals surface area contributed by atoms with E-state index in [1.807, 2.05) is 0 Å². The van der Waals surface area contributed by atoms with E-state index in [1.54, 1.807) is 13.8 Å². The van der Waals surface area contributed by atoms with Gasteiger partial charge in [0, 0.05) is 23.6 Å². The maximum atomic E-state index is 14.1. The van der Waals surface area contributed by atoms with E-state index in [0.717, 1.165) is 12.1 Å². The third kappa shape index (κ3) is 3.39. The van der Waals surface area contributed by atoms with Crippen LogP contribution in [0, 0.1) is 37.1 Å². The number of carbonyl (C=O) groups is 1. The molecule has 150 valence electrons. The summed E-state index contributed by atoms with van der Waals surface area (Å²) >= 11 is 0. The van der Waals surface area contributed by atoms with Gasteiger partial charge in [-0.15, -0.1) is 0 Å². The topological polar surface area (TPSA) is 46.9 Å². The first-order chi connectivity index (χ1) is 13.8. The predicted octanol–water partition coefficient (Wildman–Crippen LogP) is 4.33. The zero-order valence-corrected chi connectivity index (χ0v) is 15.6. The summed E-state index contributed by atoms with van der Waals surface area (Å²) in [6.07, 6.45) is 0.419. The summed E-state index contributed by atoms with van der Waals surface area (Å²) in [7, 11) is 0. The maximum absolute atomic E-state index is 14.1. The Bertz CT molecular complexity index is 1110.